The smallest absolute Gasteiger partial charge is 0.382 e. The first-order valence-corrected chi connectivity index (χ1v) is 10.6. The highest BCUT2D eigenvalue weighted by molar-refractivity contribution is 5.93. The minimum absolute atomic E-state index is 0.0691. The highest BCUT2D eigenvalue weighted by atomic mass is 19.4. The molecule has 2 aliphatic carbocycles. The number of carbonyl (C=O) groups excluding carboxylic acids is 1. The second-order valence-electron chi connectivity index (χ2n) is 8.44. The molecule has 30 heavy (non-hydrogen) atoms. The number of fused-ring (bicyclic) bond motifs is 1. The van der Waals surface area contributed by atoms with Crippen molar-refractivity contribution in [2.75, 3.05) is 5.32 Å². The highest BCUT2D eigenvalue weighted by Crippen LogP contribution is 2.31. The molecule has 1 saturated carbocycles. The van der Waals surface area contributed by atoms with Crippen molar-refractivity contribution in [3.05, 3.63) is 46.5 Å². The largest absolute Gasteiger partial charge is 0.433 e. The van der Waals surface area contributed by atoms with Crippen LogP contribution in [0.2, 0.25) is 0 Å². The summed E-state index contributed by atoms with van der Waals surface area (Å²) in [4.78, 5) is 19.4. The molecule has 2 aromatic heterocycles. The van der Waals surface area contributed by atoms with Gasteiger partial charge in [0, 0.05) is 29.2 Å². The third-order valence-electron chi connectivity index (χ3n) is 6.04. The van der Waals surface area contributed by atoms with Crippen LogP contribution in [0.5, 0.6) is 0 Å². The van der Waals surface area contributed by atoms with E-state index in [1.54, 1.807) is 13.0 Å². The van der Waals surface area contributed by atoms with Crippen LogP contribution in [0.15, 0.2) is 18.2 Å². The molecule has 0 saturated heterocycles. The van der Waals surface area contributed by atoms with Crippen LogP contribution in [0.1, 0.15) is 71.7 Å². The van der Waals surface area contributed by atoms with Gasteiger partial charge >= 0.3 is 6.18 Å². The Bertz CT molecular complexity index is 890. The van der Waals surface area contributed by atoms with E-state index in [9.17, 15) is 18.0 Å². The molecule has 0 radical (unpaired) electrons. The zero-order chi connectivity index (χ0) is 21.3. The van der Waals surface area contributed by atoms with Gasteiger partial charge in [0.2, 0.25) is 0 Å². The Kier molecular flexibility index (Phi) is 5.75. The summed E-state index contributed by atoms with van der Waals surface area (Å²) < 4.78 is 38.9. The first-order chi connectivity index (χ1) is 14.3. The fraction of sp³-hybridized carbons (Fsp3) is 0.545. The zero-order valence-electron chi connectivity index (χ0n) is 17.0. The van der Waals surface area contributed by atoms with Gasteiger partial charge in [0.25, 0.3) is 5.91 Å². The third kappa shape index (κ3) is 4.79. The number of aromatic nitrogens is 2. The molecule has 162 valence electrons. The Morgan fingerprint density at radius 2 is 1.77 bits per heavy atom. The Morgan fingerprint density at radius 1 is 1.07 bits per heavy atom. The summed E-state index contributed by atoms with van der Waals surface area (Å²) in [7, 11) is 0. The van der Waals surface area contributed by atoms with Gasteiger partial charge in [-0.3, -0.25) is 4.79 Å². The Labute approximate surface area is 173 Å². The number of pyridine rings is 1. The SMILES string of the molecule is Cc1cc(NC2CCC(NC(=O)c3cc4c([nH]3)CCCC4)CC2)cc(C(F)(F)F)n1. The lowest BCUT2D eigenvalue weighted by Crippen LogP contribution is -2.40. The number of hydrogen-bond acceptors (Lipinski definition) is 3. The fourth-order valence-corrected chi connectivity index (χ4v) is 4.50. The predicted octanol–water partition coefficient (Wildman–Crippen LogP) is 4.77. The lowest BCUT2D eigenvalue weighted by molar-refractivity contribution is -0.141. The van der Waals surface area contributed by atoms with Crippen molar-refractivity contribution in [1.82, 2.24) is 15.3 Å². The van der Waals surface area contributed by atoms with E-state index < -0.39 is 11.9 Å². The van der Waals surface area contributed by atoms with Crippen LogP contribution in [-0.4, -0.2) is 28.0 Å². The van der Waals surface area contributed by atoms with Gasteiger partial charge in [-0.1, -0.05) is 0 Å². The predicted molar refractivity (Wildman–Crippen MR) is 109 cm³/mol. The van der Waals surface area contributed by atoms with E-state index in [2.05, 4.69) is 20.6 Å². The molecule has 0 aromatic carbocycles. The minimum Gasteiger partial charge on any atom is -0.382 e. The van der Waals surface area contributed by atoms with Gasteiger partial charge in [0.05, 0.1) is 0 Å². The number of rotatable bonds is 4. The normalized spacial score (nSPS) is 21.7. The number of hydrogen-bond donors (Lipinski definition) is 3. The molecule has 5 nitrogen and oxygen atoms in total. The highest BCUT2D eigenvalue weighted by Gasteiger charge is 2.33. The molecular formula is C22H27F3N4O. The summed E-state index contributed by atoms with van der Waals surface area (Å²) in [5.74, 6) is -0.0691. The molecule has 4 rings (SSSR count). The minimum atomic E-state index is -4.46. The summed E-state index contributed by atoms with van der Waals surface area (Å²) >= 11 is 0. The number of amides is 1. The molecule has 8 heteroatoms. The monoisotopic (exact) mass is 420 g/mol. The maximum Gasteiger partial charge on any atom is 0.433 e. The van der Waals surface area contributed by atoms with E-state index in [4.69, 9.17) is 0 Å². The molecule has 2 aliphatic rings. The average molecular weight is 420 g/mol. The van der Waals surface area contributed by atoms with Crippen LogP contribution in [-0.2, 0) is 19.0 Å². The lowest BCUT2D eigenvalue weighted by Gasteiger charge is -2.30. The standard InChI is InChI=1S/C22H27F3N4O/c1-13-10-17(12-20(26-13)22(23,24)25)27-15-6-8-16(9-7-15)28-21(30)19-11-14-4-2-3-5-18(14)29-19/h10-12,15-16,29H,2-9H2,1H3,(H,26,27)(H,28,30). The van der Waals surface area contributed by atoms with Crippen molar-refractivity contribution < 1.29 is 18.0 Å². The molecule has 2 aromatic rings. The van der Waals surface area contributed by atoms with Gasteiger partial charge in [-0.2, -0.15) is 13.2 Å². The number of nitrogens with zero attached hydrogens (tertiary/aromatic N) is 1. The molecule has 0 atom stereocenters. The van der Waals surface area contributed by atoms with Crippen molar-refractivity contribution in [2.45, 2.75) is 76.6 Å². The van der Waals surface area contributed by atoms with E-state index in [0.717, 1.165) is 51.0 Å². The zero-order valence-corrected chi connectivity index (χ0v) is 17.0. The van der Waals surface area contributed by atoms with Crippen molar-refractivity contribution in [3.8, 4) is 0 Å². The van der Waals surface area contributed by atoms with Crippen molar-refractivity contribution in [3.63, 3.8) is 0 Å². The summed E-state index contributed by atoms with van der Waals surface area (Å²) in [5, 5.41) is 6.32. The van der Waals surface area contributed by atoms with Gasteiger partial charge in [-0.05, 0) is 82.1 Å². The van der Waals surface area contributed by atoms with E-state index in [-0.39, 0.29) is 18.0 Å². The van der Waals surface area contributed by atoms with E-state index in [0.29, 0.717) is 17.1 Å². The van der Waals surface area contributed by atoms with Gasteiger partial charge in [0.1, 0.15) is 11.4 Å². The third-order valence-corrected chi connectivity index (χ3v) is 6.04. The Hall–Kier alpha value is -2.51. The van der Waals surface area contributed by atoms with Crippen molar-refractivity contribution >= 4 is 11.6 Å². The number of aryl methyl sites for hydroxylation is 3. The Morgan fingerprint density at radius 3 is 2.47 bits per heavy atom. The van der Waals surface area contributed by atoms with Gasteiger partial charge in [-0.25, -0.2) is 4.98 Å². The molecule has 0 bridgehead atoms. The summed E-state index contributed by atoms with van der Waals surface area (Å²) in [5.41, 5.74) is 2.98. The fourth-order valence-electron chi connectivity index (χ4n) is 4.50. The van der Waals surface area contributed by atoms with Crippen LogP contribution < -0.4 is 10.6 Å². The number of aromatic amines is 1. The van der Waals surface area contributed by atoms with Crippen LogP contribution in [0, 0.1) is 6.92 Å². The van der Waals surface area contributed by atoms with E-state index in [1.165, 1.54) is 17.7 Å². The lowest BCUT2D eigenvalue weighted by atomic mass is 9.91. The number of carbonyl (C=O) groups is 1. The summed E-state index contributed by atoms with van der Waals surface area (Å²) in [6.45, 7) is 1.56. The molecule has 1 amide bonds. The average Bonchev–Trinajstić information content (AvgIpc) is 3.13. The second kappa shape index (κ2) is 8.32. The van der Waals surface area contributed by atoms with Crippen LogP contribution in [0.3, 0.4) is 0 Å². The molecule has 1 fully saturated rings. The molecule has 0 aliphatic heterocycles. The molecule has 0 spiro atoms. The number of nitrogens with one attached hydrogen (secondary N) is 3. The van der Waals surface area contributed by atoms with Crippen LogP contribution >= 0.6 is 0 Å². The Balaban J connectivity index is 1.30. The first kappa shape index (κ1) is 20.8. The number of anilines is 1. The molecule has 0 unspecified atom stereocenters. The first-order valence-electron chi connectivity index (χ1n) is 10.6. The van der Waals surface area contributed by atoms with Gasteiger partial charge < -0.3 is 15.6 Å². The quantitative estimate of drug-likeness (QED) is 0.667. The summed E-state index contributed by atoms with van der Waals surface area (Å²) in [6, 6.07) is 4.84. The number of H-pyrrole nitrogens is 1. The number of alkyl halides is 3. The maximum atomic E-state index is 13.0. The molecule has 2 heterocycles. The van der Waals surface area contributed by atoms with Crippen molar-refractivity contribution in [1.29, 1.82) is 0 Å². The van der Waals surface area contributed by atoms with Crippen molar-refractivity contribution in [2.24, 2.45) is 0 Å². The summed E-state index contributed by atoms with van der Waals surface area (Å²) in [6.07, 6.45) is 3.06. The van der Waals surface area contributed by atoms with E-state index >= 15 is 0 Å². The molecule has 3 N–H and O–H groups in total. The topological polar surface area (TPSA) is 69.8 Å². The maximum absolute atomic E-state index is 13.0. The second-order valence-corrected chi connectivity index (χ2v) is 8.44. The van der Waals surface area contributed by atoms with Crippen LogP contribution in [0.4, 0.5) is 18.9 Å². The van der Waals surface area contributed by atoms with Crippen LogP contribution in [0.25, 0.3) is 0 Å². The van der Waals surface area contributed by atoms with Gasteiger partial charge in [-0.15, -0.1) is 0 Å². The number of halogens is 3. The molecular weight excluding hydrogens is 393 g/mol. The van der Waals surface area contributed by atoms with E-state index in [1.807, 2.05) is 6.07 Å². The van der Waals surface area contributed by atoms with Gasteiger partial charge in [0.15, 0.2) is 0 Å².